The van der Waals surface area contributed by atoms with Crippen molar-refractivity contribution in [1.82, 2.24) is 10.2 Å². The first-order valence-electron chi connectivity index (χ1n) is 7.35. The zero-order chi connectivity index (χ0) is 12.4. The van der Waals surface area contributed by atoms with Gasteiger partial charge in [-0.15, -0.1) is 0 Å². The van der Waals surface area contributed by atoms with Crippen LogP contribution in [0.1, 0.15) is 37.2 Å². The van der Waals surface area contributed by atoms with Crippen molar-refractivity contribution in [2.24, 2.45) is 0 Å². The molecule has 1 aromatic rings. The zero-order valence-electron chi connectivity index (χ0n) is 11.3. The first kappa shape index (κ1) is 12.2. The van der Waals surface area contributed by atoms with E-state index >= 15 is 0 Å². The largest absolute Gasteiger partial charge is 0.312 e. The molecule has 0 amide bonds. The Kier molecular flexibility index (Phi) is 3.67. The SMILES string of the molecule is CN1CCCCC[C@@H]2NC[C@@H](c3ccccc3)[C@@H]21. The van der Waals surface area contributed by atoms with Crippen molar-refractivity contribution >= 4 is 0 Å². The number of nitrogens with one attached hydrogen (secondary N) is 1. The van der Waals surface area contributed by atoms with Crippen molar-refractivity contribution in [3.63, 3.8) is 0 Å². The van der Waals surface area contributed by atoms with Crippen LogP contribution < -0.4 is 5.32 Å². The highest BCUT2D eigenvalue weighted by atomic mass is 15.2. The Bertz CT molecular complexity index is 376. The van der Waals surface area contributed by atoms with E-state index in [1.54, 1.807) is 0 Å². The normalized spacial score (nSPS) is 33.7. The molecule has 1 N–H and O–H groups in total. The molecule has 0 unspecified atom stereocenters. The molecule has 2 nitrogen and oxygen atoms in total. The van der Waals surface area contributed by atoms with E-state index < -0.39 is 0 Å². The van der Waals surface area contributed by atoms with Crippen molar-refractivity contribution in [1.29, 1.82) is 0 Å². The van der Waals surface area contributed by atoms with Gasteiger partial charge in [-0.25, -0.2) is 0 Å². The fourth-order valence-electron chi connectivity index (χ4n) is 3.75. The van der Waals surface area contributed by atoms with Gasteiger partial charge in [-0.3, -0.25) is 0 Å². The summed E-state index contributed by atoms with van der Waals surface area (Å²) >= 11 is 0. The Morgan fingerprint density at radius 1 is 1.11 bits per heavy atom. The highest BCUT2D eigenvalue weighted by Crippen LogP contribution is 2.33. The highest BCUT2D eigenvalue weighted by molar-refractivity contribution is 5.25. The number of likely N-dealkylation sites (tertiary alicyclic amines) is 1. The fourth-order valence-corrected chi connectivity index (χ4v) is 3.75. The van der Waals surface area contributed by atoms with Crippen LogP contribution >= 0.6 is 0 Å². The monoisotopic (exact) mass is 244 g/mol. The van der Waals surface area contributed by atoms with Gasteiger partial charge in [0.05, 0.1) is 0 Å². The topological polar surface area (TPSA) is 15.3 Å². The zero-order valence-corrected chi connectivity index (χ0v) is 11.3. The minimum Gasteiger partial charge on any atom is -0.312 e. The second-order valence-corrected chi connectivity index (χ2v) is 5.85. The van der Waals surface area contributed by atoms with Gasteiger partial charge in [0.1, 0.15) is 0 Å². The first-order chi connectivity index (χ1) is 8.86. The van der Waals surface area contributed by atoms with Crippen molar-refractivity contribution < 1.29 is 0 Å². The Hall–Kier alpha value is -0.860. The van der Waals surface area contributed by atoms with E-state index in [1.165, 1.54) is 37.8 Å². The van der Waals surface area contributed by atoms with Gasteiger partial charge in [-0.1, -0.05) is 43.2 Å². The van der Waals surface area contributed by atoms with Gasteiger partial charge < -0.3 is 10.2 Å². The summed E-state index contributed by atoms with van der Waals surface area (Å²) in [5.41, 5.74) is 1.50. The minimum absolute atomic E-state index is 0.666. The van der Waals surface area contributed by atoms with Gasteiger partial charge in [-0.05, 0) is 32.0 Å². The number of fused-ring (bicyclic) bond motifs is 1. The summed E-state index contributed by atoms with van der Waals surface area (Å²) in [6.07, 6.45) is 5.49. The van der Waals surface area contributed by atoms with E-state index in [-0.39, 0.29) is 0 Å². The summed E-state index contributed by atoms with van der Waals surface area (Å²) in [5.74, 6) is 0.666. The lowest BCUT2D eigenvalue weighted by Crippen LogP contribution is -2.45. The molecule has 2 heteroatoms. The molecule has 2 fully saturated rings. The molecule has 2 saturated heterocycles. The molecular weight excluding hydrogens is 220 g/mol. The molecular formula is C16H24N2. The van der Waals surface area contributed by atoms with Gasteiger partial charge in [0.15, 0.2) is 0 Å². The molecule has 0 aliphatic carbocycles. The third-order valence-electron chi connectivity index (χ3n) is 4.69. The Balaban J connectivity index is 1.83. The maximum absolute atomic E-state index is 3.76. The van der Waals surface area contributed by atoms with E-state index in [2.05, 4.69) is 47.6 Å². The number of nitrogens with zero attached hydrogens (tertiary/aromatic N) is 1. The molecule has 0 aromatic heterocycles. The summed E-state index contributed by atoms with van der Waals surface area (Å²) in [6, 6.07) is 12.4. The fraction of sp³-hybridized carbons (Fsp3) is 0.625. The first-order valence-corrected chi connectivity index (χ1v) is 7.35. The summed E-state index contributed by atoms with van der Waals surface area (Å²) < 4.78 is 0. The minimum atomic E-state index is 0.666. The molecule has 2 aliphatic heterocycles. The third-order valence-corrected chi connectivity index (χ3v) is 4.69. The van der Waals surface area contributed by atoms with Gasteiger partial charge in [0.25, 0.3) is 0 Å². The molecule has 18 heavy (non-hydrogen) atoms. The lowest BCUT2D eigenvalue weighted by atomic mass is 9.87. The average molecular weight is 244 g/mol. The number of hydrogen-bond acceptors (Lipinski definition) is 2. The van der Waals surface area contributed by atoms with Crippen molar-refractivity contribution in [3.05, 3.63) is 35.9 Å². The van der Waals surface area contributed by atoms with Gasteiger partial charge in [-0.2, -0.15) is 0 Å². The van der Waals surface area contributed by atoms with Crippen LogP contribution in [0.3, 0.4) is 0 Å². The van der Waals surface area contributed by atoms with Crippen LogP contribution in [0.4, 0.5) is 0 Å². The Morgan fingerprint density at radius 3 is 2.78 bits per heavy atom. The average Bonchev–Trinajstić information content (AvgIpc) is 2.80. The standard InChI is InChI=1S/C16H24N2/c1-18-11-7-3-6-10-15-16(18)14(12-17-15)13-8-4-2-5-9-13/h2,4-5,8-9,14-17H,3,6-7,10-12H2,1H3/t14-,15-,16-/m0/s1. The van der Waals surface area contributed by atoms with E-state index in [9.17, 15) is 0 Å². The lowest BCUT2D eigenvalue weighted by Gasteiger charge is -2.35. The van der Waals surface area contributed by atoms with Crippen molar-refractivity contribution in [2.75, 3.05) is 20.1 Å². The Labute approximate surface area is 110 Å². The number of hydrogen-bond donors (Lipinski definition) is 1. The maximum atomic E-state index is 3.76. The van der Waals surface area contributed by atoms with Gasteiger partial charge in [0.2, 0.25) is 0 Å². The molecule has 0 saturated carbocycles. The molecule has 3 rings (SSSR count). The van der Waals surface area contributed by atoms with E-state index in [4.69, 9.17) is 0 Å². The quantitative estimate of drug-likeness (QED) is 0.817. The number of benzene rings is 1. The molecule has 3 atom stereocenters. The van der Waals surface area contributed by atoms with Crippen molar-refractivity contribution in [2.45, 2.75) is 43.7 Å². The summed E-state index contributed by atoms with van der Waals surface area (Å²) in [4.78, 5) is 2.60. The van der Waals surface area contributed by atoms with Crippen molar-refractivity contribution in [3.8, 4) is 0 Å². The van der Waals surface area contributed by atoms with Crippen LogP contribution in [0.25, 0.3) is 0 Å². The molecule has 0 radical (unpaired) electrons. The number of rotatable bonds is 1. The smallest absolute Gasteiger partial charge is 0.0327 e. The van der Waals surface area contributed by atoms with Gasteiger partial charge >= 0.3 is 0 Å². The highest BCUT2D eigenvalue weighted by Gasteiger charge is 2.39. The lowest BCUT2D eigenvalue weighted by molar-refractivity contribution is 0.184. The summed E-state index contributed by atoms with van der Waals surface area (Å²) in [6.45, 7) is 2.40. The molecule has 0 bridgehead atoms. The predicted molar refractivity (Wildman–Crippen MR) is 75.9 cm³/mol. The van der Waals surface area contributed by atoms with E-state index in [0.29, 0.717) is 18.0 Å². The summed E-state index contributed by atoms with van der Waals surface area (Å²) in [7, 11) is 2.31. The molecule has 2 heterocycles. The van der Waals surface area contributed by atoms with Crippen LogP contribution in [-0.2, 0) is 0 Å². The second kappa shape index (κ2) is 5.41. The van der Waals surface area contributed by atoms with Crippen LogP contribution in [0, 0.1) is 0 Å². The predicted octanol–water partition coefficient (Wildman–Crippen LogP) is 2.62. The maximum Gasteiger partial charge on any atom is 0.0327 e. The van der Waals surface area contributed by atoms with E-state index in [0.717, 1.165) is 6.54 Å². The molecule has 98 valence electrons. The summed E-state index contributed by atoms with van der Waals surface area (Å²) in [5, 5.41) is 3.76. The van der Waals surface area contributed by atoms with Crippen LogP contribution in [0.2, 0.25) is 0 Å². The van der Waals surface area contributed by atoms with Crippen LogP contribution in [0.15, 0.2) is 30.3 Å². The van der Waals surface area contributed by atoms with Gasteiger partial charge in [0, 0.05) is 24.5 Å². The molecule has 0 spiro atoms. The van der Waals surface area contributed by atoms with Crippen LogP contribution in [-0.4, -0.2) is 37.1 Å². The molecule has 2 aliphatic rings. The van der Waals surface area contributed by atoms with E-state index in [1.807, 2.05) is 0 Å². The van der Waals surface area contributed by atoms with Crippen LogP contribution in [0.5, 0.6) is 0 Å². The molecule has 1 aromatic carbocycles. The second-order valence-electron chi connectivity index (χ2n) is 5.85. The third kappa shape index (κ3) is 2.32. The Morgan fingerprint density at radius 2 is 1.94 bits per heavy atom. The number of likely N-dealkylation sites (N-methyl/N-ethyl adjacent to an activating group) is 1.